The summed E-state index contributed by atoms with van der Waals surface area (Å²) < 4.78 is 21.2. The van der Waals surface area contributed by atoms with Gasteiger partial charge in [0.2, 0.25) is 11.8 Å². The molecule has 136 valence electrons. The van der Waals surface area contributed by atoms with E-state index in [1.165, 1.54) is 6.92 Å². The third kappa shape index (κ3) is 18.7. The zero-order valence-electron chi connectivity index (χ0n) is 14.2. The molecule has 0 aliphatic rings. The molecule has 2 N–H and O–H groups in total. The summed E-state index contributed by atoms with van der Waals surface area (Å²) in [7, 11) is 0. The van der Waals surface area contributed by atoms with Gasteiger partial charge in [-0.05, 0) is 6.92 Å². The van der Waals surface area contributed by atoms with E-state index in [9.17, 15) is 9.59 Å². The van der Waals surface area contributed by atoms with Crippen molar-refractivity contribution >= 4 is 11.8 Å². The first-order valence-corrected chi connectivity index (χ1v) is 7.99. The Bertz CT molecular complexity index is 302. The Morgan fingerprint density at radius 1 is 0.739 bits per heavy atom. The van der Waals surface area contributed by atoms with Crippen LogP contribution in [0.2, 0.25) is 0 Å². The summed E-state index contributed by atoms with van der Waals surface area (Å²) in [5.74, 6) is -0.0590. The van der Waals surface area contributed by atoms with Crippen LogP contribution < -0.4 is 10.6 Å². The van der Waals surface area contributed by atoms with Gasteiger partial charge in [-0.3, -0.25) is 9.59 Å². The fraction of sp³-hybridized carbons (Fsp3) is 0.867. The summed E-state index contributed by atoms with van der Waals surface area (Å²) >= 11 is 0. The molecular weight excluding hydrogens is 304 g/mol. The number of carbonyl (C=O) groups excluding carboxylic acids is 2. The fourth-order valence-corrected chi connectivity index (χ4v) is 1.51. The number of amides is 2. The predicted octanol–water partition coefficient (Wildman–Crippen LogP) is -0.285. The summed E-state index contributed by atoms with van der Waals surface area (Å²) in [4.78, 5) is 21.7. The second-order valence-electron chi connectivity index (χ2n) is 4.64. The van der Waals surface area contributed by atoms with Gasteiger partial charge in [0, 0.05) is 26.4 Å². The van der Waals surface area contributed by atoms with Gasteiger partial charge in [-0.25, -0.2) is 0 Å². The highest BCUT2D eigenvalue weighted by molar-refractivity contribution is 5.75. The maximum atomic E-state index is 11.1. The van der Waals surface area contributed by atoms with Crippen molar-refractivity contribution in [3.05, 3.63) is 0 Å². The van der Waals surface area contributed by atoms with E-state index in [2.05, 4.69) is 10.6 Å². The molecule has 0 aromatic heterocycles. The normalized spacial score (nSPS) is 10.5. The lowest BCUT2D eigenvalue weighted by Gasteiger charge is -2.07. The van der Waals surface area contributed by atoms with Crippen LogP contribution in [0.4, 0.5) is 0 Å². The van der Waals surface area contributed by atoms with Crippen molar-refractivity contribution in [2.45, 2.75) is 20.3 Å². The monoisotopic (exact) mass is 334 g/mol. The first-order chi connectivity index (χ1) is 11.2. The Morgan fingerprint density at radius 3 is 1.70 bits per heavy atom. The number of carbonyl (C=O) groups is 2. The molecule has 0 saturated heterocycles. The van der Waals surface area contributed by atoms with Crippen LogP contribution in [0.5, 0.6) is 0 Å². The topological polar surface area (TPSA) is 95.1 Å². The van der Waals surface area contributed by atoms with E-state index in [0.717, 1.165) is 0 Å². The summed E-state index contributed by atoms with van der Waals surface area (Å²) in [5, 5.41) is 5.34. The third-order valence-corrected chi connectivity index (χ3v) is 2.58. The van der Waals surface area contributed by atoms with E-state index in [4.69, 9.17) is 18.9 Å². The van der Waals surface area contributed by atoms with E-state index >= 15 is 0 Å². The number of nitrogens with one attached hydrogen (secondary N) is 2. The molecule has 0 unspecified atom stereocenters. The van der Waals surface area contributed by atoms with Crippen LogP contribution in [0.1, 0.15) is 20.3 Å². The van der Waals surface area contributed by atoms with Crippen molar-refractivity contribution in [3.8, 4) is 0 Å². The maximum Gasteiger partial charge on any atom is 0.222 e. The van der Waals surface area contributed by atoms with Crippen molar-refractivity contribution in [1.82, 2.24) is 10.6 Å². The molecule has 0 aliphatic carbocycles. The van der Waals surface area contributed by atoms with Crippen LogP contribution >= 0.6 is 0 Å². The van der Waals surface area contributed by atoms with Gasteiger partial charge in [-0.2, -0.15) is 0 Å². The van der Waals surface area contributed by atoms with Crippen molar-refractivity contribution in [2.75, 3.05) is 65.9 Å². The Kier molecular flexibility index (Phi) is 16.2. The highest BCUT2D eigenvalue weighted by atomic mass is 16.6. The van der Waals surface area contributed by atoms with Crippen molar-refractivity contribution in [2.24, 2.45) is 0 Å². The molecular formula is C15H30N2O6. The largest absolute Gasteiger partial charge is 0.379 e. The average Bonchev–Trinajstić information content (AvgIpc) is 2.51. The van der Waals surface area contributed by atoms with E-state index in [1.54, 1.807) is 0 Å². The molecule has 8 nitrogen and oxygen atoms in total. The van der Waals surface area contributed by atoms with Gasteiger partial charge in [0.05, 0.1) is 52.9 Å². The van der Waals surface area contributed by atoms with Gasteiger partial charge in [-0.15, -0.1) is 0 Å². The zero-order valence-corrected chi connectivity index (χ0v) is 14.2. The van der Waals surface area contributed by atoms with Crippen LogP contribution in [0.15, 0.2) is 0 Å². The minimum absolute atomic E-state index is 0.00103. The number of rotatable bonds is 16. The molecule has 0 rings (SSSR count). The second kappa shape index (κ2) is 17.1. The van der Waals surface area contributed by atoms with E-state index < -0.39 is 0 Å². The number of ether oxygens (including phenoxy) is 4. The van der Waals surface area contributed by atoms with E-state index in [-0.39, 0.29) is 11.8 Å². The Balaban J connectivity index is 3.05. The van der Waals surface area contributed by atoms with E-state index in [1.807, 2.05) is 6.92 Å². The number of hydrogen-bond acceptors (Lipinski definition) is 6. The lowest BCUT2D eigenvalue weighted by atomic mass is 10.4. The molecule has 0 spiro atoms. The Labute approximate surface area is 138 Å². The minimum Gasteiger partial charge on any atom is -0.379 e. The van der Waals surface area contributed by atoms with Gasteiger partial charge in [-0.1, -0.05) is 0 Å². The number of hydrogen-bond donors (Lipinski definition) is 2. The van der Waals surface area contributed by atoms with Gasteiger partial charge >= 0.3 is 0 Å². The highest BCUT2D eigenvalue weighted by Crippen LogP contribution is 1.85. The molecule has 0 aromatic carbocycles. The standard InChI is InChI=1S/C15H30N2O6/c1-3-16-15(19)4-6-20-8-10-22-12-13-23-11-9-21-7-5-17-14(2)18/h3-13H2,1-2H3,(H,16,19)(H,17,18). The first kappa shape index (κ1) is 21.8. The van der Waals surface area contributed by atoms with Gasteiger partial charge in [0.25, 0.3) is 0 Å². The molecule has 8 heteroatoms. The SMILES string of the molecule is CCNC(=O)CCOCCOCCOCCOCCNC(C)=O. The van der Waals surface area contributed by atoms with Crippen LogP contribution in [0.25, 0.3) is 0 Å². The summed E-state index contributed by atoms with van der Waals surface area (Å²) in [6.45, 7) is 8.30. The highest BCUT2D eigenvalue weighted by Gasteiger charge is 1.98. The van der Waals surface area contributed by atoms with Crippen LogP contribution in [0, 0.1) is 0 Å². The summed E-state index contributed by atoms with van der Waals surface area (Å²) in [6.07, 6.45) is 0.374. The summed E-state index contributed by atoms with van der Waals surface area (Å²) in [6, 6.07) is 0. The molecule has 23 heavy (non-hydrogen) atoms. The molecule has 0 atom stereocenters. The predicted molar refractivity (Wildman–Crippen MR) is 85.3 cm³/mol. The Morgan fingerprint density at radius 2 is 1.22 bits per heavy atom. The quantitative estimate of drug-likeness (QED) is 0.377. The zero-order chi connectivity index (χ0) is 17.2. The first-order valence-electron chi connectivity index (χ1n) is 7.99. The van der Waals surface area contributed by atoms with E-state index in [0.29, 0.717) is 72.4 Å². The summed E-state index contributed by atoms with van der Waals surface area (Å²) in [5.41, 5.74) is 0. The van der Waals surface area contributed by atoms with Crippen LogP contribution in [0.3, 0.4) is 0 Å². The molecule has 0 aromatic rings. The van der Waals surface area contributed by atoms with Crippen molar-refractivity contribution < 1.29 is 28.5 Å². The Hall–Kier alpha value is -1.22. The molecule has 0 aliphatic heterocycles. The molecule has 0 radical (unpaired) electrons. The smallest absolute Gasteiger partial charge is 0.222 e. The van der Waals surface area contributed by atoms with Crippen molar-refractivity contribution in [3.63, 3.8) is 0 Å². The van der Waals surface area contributed by atoms with Gasteiger partial charge in [0.1, 0.15) is 0 Å². The van der Waals surface area contributed by atoms with Gasteiger partial charge in [0.15, 0.2) is 0 Å². The lowest BCUT2D eigenvalue weighted by molar-refractivity contribution is -0.122. The minimum atomic E-state index is -0.0600. The molecule has 0 bridgehead atoms. The fourth-order valence-electron chi connectivity index (χ4n) is 1.51. The van der Waals surface area contributed by atoms with Crippen LogP contribution in [-0.2, 0) is 28.5 Å². The molecule has 0 heterocycles. The maximum absolute atomic E-state index is 11.1. The van der Waals surface area contributed by atoms with Crippen LogP contribution in [-0.4, -0.2) is 77.8 Å². The molecule has 0 fully saturated rings. The van der Waals surface area contributed by atoms with Gasteiger partial charge < -0.3 is 29.6 Å². The average molecular weight is 334 g/mol. The molecule has 0 saturated carbocycles. The second-order valence-corrected chi connectivity index (χ2v) is 4.64. The molecule has 2 amide bonds. The lowest BCUT2D eigenvalue weighted by Crippen LogP contribution is -2.25. The van der Waals surface area contributed by atoms with Crippen molar-refractivity contribution in [1.29, 1.82) is 0 Å². The third-order valence-electron chi connectivity index (χ3n) is 2.58.